The molecule has 5 nitrogen and oxygen atoms in total. The zero-order chi connectivity index (χ0) is 19.5. The monoisotopic (exact) mass is 392 g/mol. The van der Waals surface area contributed by atoms with Gasteiger partial charge in [-0.3, -0.25) is 4.79 Å². The van der Waals surface area contributed by atoms with Crippen molar-refractivity contribution in [2.75, 3.05) is 24.5 Å². The van der Waals surface area contributed by atoms with Crippen molar-refractivity contribution in [2.45, 2.75) is 26.3 Å². The third-order valence-electron chi connectivity index (χ3n) is 5.12. The third-order valence-corrected chi connectivity index (χ3v) is 5.93. The minimum atomic E-state index is 0.106. The number of nitrogens with zero attached hydrogens (tertiary/aromatic N) is 4. The zero-order valence-corrected chi connectivity index (χ0v) is 17.0. The van der Waals surface area contributed by atoms with Crippen LogP contribution >= 0.6 is 11.5 Å². The van der Waals surface area contributed by atoms with Crippen LogP contribution in [0.1, 0.15) is 34.2 Å². The zero-order valence-electron chi connectivity index (χ0n) is 16.2. The van der Waals surface area contributed by atoms with Crippen LogP contribution in [0, 0.1) is 6.92 Å². The Hall–Kier alpha value is -2.73. The lowest BCUT2D eigenvalue weighted by Gasteiger charge is -2.39. The Kier molecular flexibility index (Phi) is 5.39. The minimum absolute atomic E-state index is 0.106. The van der Waals surface area contributed by atoms with Crippen molar-refractivity contribution in [2.24, 2.45) is 0 Å². The molecule has 1 unspecified atom stereocenters. The largest absolute Gasteiger partial charge is 0.343 e. The Labute approximate surface area is 169 Å². The maximum atomic E-state index is 12.9. The van der Waals surface area contributed by atoms with E-state index < -0.39 is 0 Å². The number of benzene rings is 2. The van der Waals surface area contributed by atoms with Crippen LogP contribution in [0.2, 0.25) is 0 Å². The van der Waals surface area contributed by atoms with Gasteiger partial charge in [-0.15, -0.1) is 0 Å². The standard InChI is InChI=1S/C22H24N4OS/c1-16-8-10-19(11-9-16)21(27)26-13-12-25(15-17(26)2)22-23-20(24-28-22)14-18-6-4-3-5-7-18/h3-11,17H,12-15H2,1-2H3. The van der Waals surface area contributed by atoms with Gasteiger partial charge >= 0.3 is 0 Å². The lowest BCUT2D eigenvalue weighted by molar-refractivity contribution is 0.0674. The van der Waals surface area contributed by atoms with Crippen LogP contribution in [0.5, 0.6) is 0 Å². The van der Waals surface area contributed by atoms with Gasteiger partial charge in [0.1, 0.15) is 5.82 Å². The van der Waals surface area contributed by atoms with Crippen molar-refractivity contribution < 1.29 is 4.79 Å². The molecule has 0 radical (unpaired) electrons. The molecule has 3 aromatic rings. The van der Waals surface area contributed by atoms with E-state index in [4.69, 9.17) is 4.98 Å². The molecule has 28 heavy (non-hydrogen) atoms. The second kappa shape index (κ2) is 8.10. The van der Waals surface area contributed by atoms with E-state index in [1.807, 2.05) is 54.3 Å². The van der Waals surface area contributed by atoms with Crippen LogP contribution in [0.4, 0.5) is 5.13 Å². The van der Waals surface area contributed by atoms with Crippen LogP contribution in [0.25, 0.3) is 0 Å². The number of rotatable bonds is 4. The Morgan fingerprint density at radius 2 is 1.86 bits per heavy atom. The summed E-state index contributed by atoms with van der Waals surface area (Å²) in [5.41, 5.74) is 3.14. The lowest BCUT2D eigenvalue weighted by atomic mass is 10.1. The second-order valence-corrected chi connectivity index (χ2v) is 8.05. The third kappa shape index (κ3) is 4.07. The molecule has 0 N–H and O–H groups in total. The van der Waals surface area contributed by atoms with Crippen LogP contribution in [0.3, 0.4) is 0 Å². The van der Waals surface area contributed by atoms with Gasteiger partial charge in [0.15, 0.2) is 0 Å². The second-order valence-electron chi connectivity index (χ2n) is 7.32. The lowest BCUT2D eigenvalue weighted by Crippen LogP contribution is -2.54. The van der Waals surface area contributed by atoms with E-state index >= 15 is 0 Å². The van der Waals surface area contributed by atoms with E-state index in [2.05, 4.69) is 28.3 Å². The number of carbonyl (C=O) groups excluding carboxylic acids is 1. The van der Waals surface area contributed by atoms with Gasteiger partial charge in [0.2, 0.25) is 5.13 Å². The van der Waals surface area contributed by atoms with E-state index in [-0.39, 0.29) is 11.9 Å². The summed E-state index contributed by atoms with van der Waals surface area (Å²) in [7, 11) is 0. The Balaban J connectivity index is 1.40. The number of anilines is 1. The number of amides is 1. The molecule has 0 spiro atoms. The maximum absolute atomic E-state index is 12.9. The summed E-state index contributed by atoms with van der Waals surface area (Å²) in [6, 6.07) is 18.2. The fraction of sp³-hybridized carbons (Fsp3) is 0.318. The first kappa shape index (κ1) is 18.6. The Morgan fingerprint density at radius 1 is 1.11 bits per heavy atom. The van der Waals surface area contributed by atoms with Gasteiger partial charge in [-0.2, -0.15) is 4.37 Å². The molecule has 1 saturated heterocycles. The van der Waals surface area contributed by atoms with Gasteiger partial charge < -0.3 is 9.80 Å². The fourth-order valence-electron chi connectivity index (χ4n) is 3.52. The van der Waals surface area contributed by atoms with Gasteiger partial charge in [0.25, 0.3) is 5.91 Å². The molecule has 4 rings (SSSR count). The predicted octanol–water partition coefficient (Wildman–Crippen LogP) is 3.79. The van der Waals surface area contributed by atoms with Crippen molar-refractivity contribution in [1.82, 2.24) is 14.3 Å². The molecule has 1 aromatic heterocycles. The molecule has 0 aliphatic carbocycles. The SMILES string of the molecule is Cc1ccc(C(=O)N2CCN(c3nc(Cc4ccccc4)ns3)CC2C)cc1. The van der Waals surface area contributed by atoms with Crippen LogP contribution in [-0.4, -0.2) is 45.8 Å². The molecule has 2 aromatic carbocycles. The van der Waals surface area contributed by atoms with E-state index in [1.165, 1.54) is 17.1 Å². The molecular weight excluding hydrogens is 368 g/mol. The van der Waals surface area contributed by atoms with E-state index in [0.717, 1.165) is 41.6 Å². The van der Waals surface area contributed by atoms with Gasteiger partial charge in [-0.05, 0) is 31.5 Å². The summed E-state index contributed by atoms with van der Waals surface area (Å²) in [5, 5.41) is 0.945. The summed E-state index contributed by atoms with van der Waals surface area (Å²) < 4.78 is 4.53. The highest BCUT2D eigenvalue weighted by atomic mass is 32.1. The summed E-state index contributed by atoms with van der Waals surface area (Å²) in [6.45, 7) is 6.38. The highest BCUT2D eigenvalue weighted by Gasteiger charge is 2.29. The van der Waals surface area contributed by atoms with Crippen LogP contribution in [0.15, 0.2) is 54.6 Å². The molecule has 0 bridgehead atoms. The maximum Gasteiger partial charge on any atom is 0.254 e. The topological polar surface area (TPSA) is 49.3 Å². The summed E-state index contributed by atoms with van der Waals surface area (Å²) in [4.78, 5) is 21.8. The average Bonchev–Trinajstić information content (AvgIpc) is 3.17. The molecule has 2 heterocycles. The molecule has 1 amide bonds. The molecule has 1 aliphatic rings. The number of carbonyl (C=O) groups is 1. The van der Waals surface area contributed by atoms with Crippen LogP contribution < -0.4 is 4.90 Å². The number of piperazine rings is 1. The highest BCUT2D eigenvalue weighted by molar-refractivity contribution is 7.09. The summed E-state index contributed by atoms with van der Waals surface area (Å²) >= 11 is 1.45. The Bertz CT molecular complexity index is 939. The van der Waals surface area contributed by atoms with Crippen molar-refractivity contribution in [3.63, 3.8) is 0 Å². The van der Waals surface area contributed by atoms with Gasteiger partial charge in [0.05, 0.1) is 0 Å². The van der Waals surface area contributed by atoms with Gasteiger partial charge in [0, 0.05) is 49.2 Å². The Morgan fingerprint density at radius 3 is 2.57 bits per heavy atom. The molecule has 1 atom stereocenters. The summed E-state index contributed by atoms with van der Waals surface area (Å²) in [6.07, 6.45) is 0.749. The smallest absolute Gasteiger partial charge is 0.254 e. The fourth-order valence-corrected chi connectivity index (χ4v) is 4.24. The van der Waals surface area contributed by atoms with E-state index in [1.54, 1.807) is 0 Å². The van der Waals surface area contributed by atoms with Crippen molar-refractivity contribution in [3.05, 3.63) is 77.1 Å². The van der Waals surface area contributed by atoms with E-state index in [0.29, 0.717) is 6.54 Å². The van der Waals surface area contributed by atoms with Crippen molar-refractivity contribution >= 4 is 22.6 Å². The molecule has 6 heteroatoms. The molecule has 144 valence electrons. The number of hydrogen-bond donors (Lipinski definition) is 0. The van der Waals surface area contributed by atoms with E-state index in [9.17, 15) is 4.79 Å². The van der Waals surface area contributed by atoms with Gasteiger partial charge in [-0.1, -0.05) is 48.0 Å². The summed E-state index contributed by atoms with van der Waals surface area (Å²) in [5.74, 6) is 0.964. The van der Waals surface area contributed by atoms with Gasteiger partial charge in [-0.25, -0.2) is 4.98 Å². The van der Waals surface area contributed by atoms with Crippen molar-refractivity contribution in [1.29, 1.82) is 0 Å². The molecule has 0 saturated carbocycles. The molecule has 1 fully saturated rings. The number of aryl methyl sites for hydroxylation is 1. The van der Waals surface area contributed by atoms with Crippen molar-refractivity contribution in [3.8, 4) is 0 Å². The molecular formula is C22H24N4OS. The quantitative estimate of drug-likeness (QED) is 0.678. The minimum Gasteiger partial charge on any atom is -0.343 e. The first-order valence-electron chi connectivity index (χ1n) is 9.59. The number of hydrogen-bond acceptors (Lipinski definition) is 5. The average molecular weight is 393 g/mol. The predicted molar refractivity (Wildman–Crippen MR) is 113 cm³/mol. The highest BCUT2D eigenvalue weighted by Crippen LogP contribution is 2.23. The first-order valence-corrected chi connectivity index (χ1v) is 10.4. The first-order chi connectivity index (χ1) is 13.6. The van der Waals surface area contributed by atoms with Crippen LogP contribution in [-0.2, 0) is 6.42 Å². The molecule has 1 aliphatic heterocycles. The normalized spacial score (nSPS) is 17.0. The number of aromatic nitrogens is 2.